The molecule has 0 spiro atoms. The molecule has 1 aromatic rings. The Balaban J connectivity index is 1.52. The monoisotopic (exact) mass is 293 g/mol. The van der Waals surface area contributed by atoms with Crippen molar-refractivity contribution in [3.8, 4) is 0 Å². The zero-order valence-electron chi connectivity index (χ0n) is 12.6. The molecular weight excluding hydrogens is 274 g/mol. The lowest BCUT2D eigenvalue weighted by Crippen LogP contribution is -2.40. The van der Waals surface area contributed by atoms with Crippen molar-refractivity contribution in [2.45, 2.75) is 19.4 Å². The van der Waals surface area contributed by atoms with Gasteiger partial charge in [0.1, 0.15) is 0 Å². The van der Waals surface area contributed by atoms with Crippen LogP contribution in [-0.4, -0.2) is 16.7 Å². The first-order chi connectivity index (χ1) is 10.7. The quantitative estimate of drug-likeness (QED) is 0.621. The van der Waals surface area contributed by atoms with E-state index in [9.17, 15) is 9.59 Å². The molecule has 5 aliphatic rings. The summed E-state index contributed by atoms with van der Waals surface area (Å²) < 4.78 is 0. The van der Waals surface area contributed by atoms with Gasteiger partial charge in [-0.05, 0) is 42.6 Å². The number of carbonyl (C=O) groups excluding carboxylic acids is 2. The summed E-state index contributed by atoms with van der Waals surface area (Å²) in [5.74, 6) is 1.91. The summed E-state index contributed by atoms with van der Waals surface area (Å²) >= 11 is 0. The van der Waals surface area contributed by atoms with Gasteiger partial charge in [0.15, 0.2) is 0 Å². The predicted octanol–water partition coefficient (Wildman–Crippen LogP) is 2.80. The minimum absolute atomic E-state index is 0.0658. The number of hydrogen-bond acceptors (Lipinski definition) is 2. The normalized spacial score (nSPS) is 42.3. The summed E-state index contributed by atoms with van der Waals surface area (Å²) in [4.78, 5) is 27.5. The maximum Gasteiger partial charge on any atom is 0.234 e. The molecule has 0 unspecified atom stereocenters. The second-order valence-electron chi connectivity index (χ2n) is 7.29. The van der Waals surface area contributed by atoms with Crippen LogP contribution >= 0.6 is 0 Å². The molecule has 1 aliphatic heterocycles. The van der Waals surface area contributed by atoms with E-state index in [1.165, 1.54) is 6.42 Å². The third-order valence-electron chi connectivity index (χ3n) is 6.37. The fraction of sp³-hybridized carbons (Fsp3) is 0.474. The predicted molar refractivity (Wildman–Crippen MR) is 81.4 cm³/mol. The number of rotatable bonds is 2. The zero-order chi connectivity index (χ0) is 15.0. The Labute approximate surface area is 130 Å². The first kappa shape index (κ1) is 12.6. The average Bonchev–Trinajstić information content (AvgIpc) is 3.32. The highest BCUT2D eigenvalue weighted by atomic mass is 16.2. The Morgan fingerprint density at radius 2 is 1.50 bits per heavy atom. The van der Waals surface area contributed by atoms with Crippen LogP contribution in [0.1, 0.15) is 24.9 Å². The maximum atomic E-state index is 13.0. The van der Waals surface area contributed by atoms with E-state index in [1.54, 1.807) is 4.90 Å². The van der Waals surface area contributed by atoms with E-state index in [0.717, 1.165) is 5.56 Å². The summed E-state index contributed by atoms with van der Waals surface area (Å²) in [6.45, 7) is 1.97. The van der Waals surface area contributed by atoms with Crippen molar-refractivity contribution in [2.75, 3.05) is 0 Å². The highest BCUT2D eigenvalue weighted by Gasteiger charge is 2.67. The van der Waals surface area contributed by atoms with Gasteiger partial charge in [-0.1, -0.05) is 42.5 Å². The van der Waals surface area contributed by atoms with Crippen LogP contribution in [0.3, 0.4) is 0 Å². The van der Waals surface area contributed by atoms with Crippen molar-refractivity contribution < 1.29 is 9.59 Å². The van der Waals surface area contributed by atoms with E-state index in [-0.39, 0.29) is 29.7 Å². The molecule has 22 heavy (non-hydrogen) atoms. The number of imide groups is 1. The topological polar surface area (TPSA) is 37.4 Å². The molecular formula is C19H19NO2. The second kappa shape index (κ2) is 4.09. The number of likely N-dealkylation sites (tertiary alicyclic amines) is 1. The summed E-state index contributed by atoms with van der Waals surface area (Å²) in [5, 5.41) is 0. The highest BCUT2D eigenvalue weighted by molar-refractivity contribution is 6.06. The Kier molecular flexibility index (Phi) is 2.35. The number of carbonyl (C=O) groups is 2. The number of benzene rings is 1. The van der Waals surface area contributed by atoms with Crippen LogP contribution in [-0.2, 0) is 9.59 Å². The van der Waals surface area contributed by atoms with E-state index in [4.69, 9.17) is 0 Å². The zero-order valence-corrected chi connectivity index (χ0v) is 12.6. The van der Waals surface area contributed by atoms with Crippen molar-refractivity contribution in [1.82, 2.24) is 4.90 Å². The Morgan fingerprint density at radius 3 is 2.05 bits per heavy atom. The third kappa shape index (κ3) is 1.42. The van der Waals surface area contributed by atoms with Gasteiger partial charge in [0.2, 0.25) is 11.8 Å². The van der Waals surface area contributed by atoms with E-state index in [0.29, 0.717) is 23.7 Å². The largest absolute Gasteiger partial charge is 0.275 e. The lowest BCUT2D eigenvalue weighted by atomic mass is 9.63. The molecule has 1 heterocycles. The van der Waals surface area contributed by atoms with Gasteiger partial charge in [0.05, 0.1) is 17.9 Å². The van der Waals surface area contributed by atoms with Crippen LogP contribution in [0.15, 0.2) is 42.5 Å². The van der Waals surface area contributed by atoms with Gasteiger partial charge in [-0.25, -0.2) is 0 Å². The van der Waals surface area contributed by atoms with Gasteiger partial charge in [-0.15, -0.1) is 0 Å². The minimum Gasteiger partial charge on any atom is -0.275 e. The molecule has 1 saturated heterocycles. The molecule has 0 aromatic heterocycles. The smallest absolute Gasteiger partial charge is 0.234 e. The van der Waals surface area contributed by atoms with Crippen molar-refractivity contribution >= 4 is 11.8 Å². The molecule has 0 radical (unpaired) electrons. The van der Waals surface area contributed by atoms with Crippen LogP contribution < -0.4 is 0 Å². The van der Waals surface area contributed by atoms with E-state index in [2.05, 4.69) is 12.2 Å². The Morgan fingerprint density at radius 1 is 0.955 bits per heavy atom. The average molecular weight is 293 g/mol. The van der Waals surface area contributed by atoms with Crippen molar-refractivity contribution in [2.24, 2.45) is 35.5 Å². The molecule has 3 heteroatoms. The SMILES string of the molecule is C[C@H](c1ccccc1)N1C(=O)[C@@H]2[C@H]3C=C[C@@H]([C@@H]4C[C@H]34)[C@@H]2C1=O. The van der Waals surface area contributed by atoms with Gasteiger partial charge in [-0.3, -0.25) is 14.5 Å². The number of amides is 2. The van der Waals surface area contributed by atoms with Crippen molar-refractivity contribution in [3.05, 3.63) is 48.0 Å². The molecule has 2 amide bonds. The summed E-state index contributed by atoms with van der Waals surface area (Å²) in [6, 6.07) is 9.72. The standard InChI is InChI=1S/C19H19NO2/c1-10(11-5-3-2-4-6-11)20-18(21)16-12-7-8-13(15-9-14(12)15)17(16)19(20)22/h2-8,10,12-17H,9H2,1H3/t10-,12+,13+,14-,15+,16-,17+/m1/s1. The Bertz CT molecular complexity index is 659. The molecule has 6 rings (SSSR count). The van der Waals surface area contributed by atoms with Crippen LogP contribution in [0.4, 0.5) is 0 Å². The van der Waals surface area contributed by atoms with Crippen molar-refractivity contribution in [3.63, 3.8) is 0 Å². The van der Waals surface area contributed by atoms with Gasteiger partial charge >= 0.3 is 0 Å². The van der Waals surface area contributed by atoms with Crippen LogP contribution in [0.2, 0.25) is 0 Å². The molecule has 4 aliphatic carbocycles. The van der Waals surface area contributed by atoms with Crippen LogP contribution in [0.5, 0.6) is 0 Å². The van der Waals surface area contributed by atoms with Gasteiger partial charge in [-0.2, -0.15) is 0 Å². The first-order valence-corrected chi connectivity index (χ1v) is 8.28. The van der Waals surface area contributed by atoms with Crippen molar-refractivity contribution in [1.29, 1.82) is 0 Å². The molecule has 3 fully saturated rings. The molecule has 2 saturated carbocycles. The summed E-state index contributed by atoms with van der Waals surface area (Å²) in [5.41, 5.74) is 1.04. The molecule has 0 N–H and O–H groups in total. The summed E-state index contributed by atoms with van der Waals surface area (Å²) in [6.07, 6.45) is 5.66. The molecule has 112 valence electrons. The van der Waals surface area contributed by atoms with E-state index < -0.39 is 0 Å². The van der Waals surface area contributed by atoms with Gasteiger partial charge in [0.25, 0.3) is 0 Å². The van der Waals surface area contributed by atoms with Gasteiger partial charge < -0.3 is 0 Å². The number of allylic oxidation sites excluding steroid dienone is 2. The maximum absolute atomic E-state index is 13.0. The molecule has 1 aromatic carbocycles. The van der Waals surface area contributed by atoms with Crippen LogP contribution in [0, 0.1) is 35.5 Å². The Hall–Kier alpha value is -1.90. The first-order valence-electron chi connectivity index (χ1n) is 8.28. The number of nitrogens with zero attached hydrogens (tertiary/aromatic N) is 1. The number of hydrogen-bond donors (Lipinski definition) is 0. The summed E-state index contributed by atoms with van der Waals surface area (Å²) in [7, 11) is 0. The van der Waals surface area contributed by atoms with Gasteiger partial charge in [0, 0.05) is 0 Å². The molecule has 2 bridgehead atoms. The fourth-order valence-corrected chi connectivity index (χ4v) is 5.24. The highest BCUT2D eigenvalue weighted by Crippen LogP contribution is 2.65. The lowest BCUT2D eigenvalue weighted by molar-refractivity contribution is -0.142. The minimum atomic E-state index is -0.164. The van der Waals surface area contributed by atoms with E-state index >= 15 is 0 Å². The fourth-order valence-electron chi connectivity index (χ4n) is 5.24. The molecule has 3 nitrogen and oxygen atoms in total. The third-order valence-corrected chi connectivity index (χ3v) is 6.37. The lowest BCUT2D eigenvalue weighted by Gasteiger charge is -2.37. The second-order valence-corrected chi connectivity index (χ2v) is 7.29. The van der Waals surface area contributed by atoms with E-state index in [1.807, 2.05) is 37.3 Å². The van der Waals surface area contributed by atoms with Crippen LogP contribution in [0.25, 0.3) is 0 Å². The molecule has 7 atom stereocenters.